The second-order valence-electron chi connectivity index (χ2n) is 2.99. The maximum Gasteiger partial charge on any atom is 0.433 e. The van der Waals surface area contributed by atoms with E-state index < -0.39 is 41.8 Å². The Morgan fingerprint density at radius 2 is 1.94 bits per heavy atom. The molecule has 0 amide bonds. The molecule has 1 rings (SSSR count). The number of nitrogens with zero attached hydrogens (tertiary/aromatic N) is 2. The van der Waals surface area contributed by atoms with E-state index in [2.05, 4.69) is 4.98 Å². The van der Waals surface area contributed by atoms with Gasteiger partial charge in [0.15, 0.2) is 5.69 Å². The lowest BCUT2D eigenvalue weighted by Gasteiger charge is -2.13. The third-order valence-corrected chi connectivity index (χ3v) is 1.89. The molecule has 0 spiro atoms. The number of rotatable bonds is 2. The summed E-state index contributed by atoms with van der Waals surface area (Å²) in [6.07, 6.45) is -9.31. The molecule has 0 unspecified atom stereocenters. The molecule has 0 radical (unpaired) electrons. The van der Waals surface area contributed by atoms with Gasteiger partial charge in [-0.3, -0.25) is 0 Å². The predicted molar refractivity (Wildman–Crippen MR) is 43.5 cm³/mol. The van der Waals surface area contributed by atoms with Crippen LogP contribution < -0.4 is 0 Å². The molecule has 17 heavy (non-hydrogen) atoms. The van der Waals surface area contributed by atoms with Gasteiger partial charge in [-0.05, 0) is 0 Å². The molecule has 0 bridgehead atoms. The maximum atomic E-state index is 12.7. The molecular formula is C9H4F6N2. The topological polar surface area (TPSA) is 36.7 Å². The van der Waals surface area contributed by atoms with Crippen molar-refractivity contribution in [2.45, 2.75) is 19.0 Å². The Morgan fingerprint density at radius 3 is 2.35 bits per heavy atom. The molecule has 92 valence electrons. The Morgan fingerprint density at radius 1 is 1.35 bits per heavy atom. The molecule has 0 aliphatic heterocycles. The average Bonchev–Trinajstić information content (AvgIpc) is 2.18. The molecule has 0 aliphatic carbocycles. The lowest BCUT2D eigenvalue weighted by atomic mass is 10.0. The van der Waals surface area contributed by atoms with Crippen LogP contribution in [-0.2, 0) is 12.6 Å². The minimum Gasteiger partial charge on any atom is -0.215 e. The van der Waals surface area contributed by atoms with Crippen molar-refractivity contribution in [2.24, 2.45) is 0 Å². The molecule has 2 nitrogen and oxygen atoms in total. The molecule has 0 fully saturated rings. The molecular weight excluding hydrogens is 250 g/mol. The van der Waals surface area contributed by atoms with Gasteiger partial charge in [-0.1, -0.05) is 0 Å². The molecule has 1 aromatic rings. The van der Waals surface area contributed by atoms with Gasteiger partial charge < -0.3 is 0 Å². The first-order valence-corrected chi connectivity index (χ1v) is 4.19. The first-order chi connectivity index (χ1) is 7.77. The molecule has 0 aromatic carbocycles. The maximum absolute atomic E-state index is 12.7. The molecule has 0 saturated carbocycles. The average molecular weight is 254 g/mol. The van der Waals surface area contributed by atoms with Gasteiger partial charge in [0.1, 0.15) is 0 Å². The molecule has 1 heterocycles. The van der Waals surface area contributed by atoms with E-state index in [0.717, 1.165) is 0 Å². The summed E-state index contributed by atoms with van der Waals surface area (Å²) in [4.78, 5) is 2.53. The minimum absolute atomic E-state index is 0.201. The summed E-state index contributed by atoms with van der Waals surface area (Å²) >= 11 is 0. The van der Waals surface area contributed by atoms with E-state index in [1.807, 2.05) is 0 Å². The van der Waals surface area contributed by atoms with Crippen LogP contribution in [0.3, 0.4) is 0 Å². The summed E-state index contributed by atoms with van der Waals surface area (Å²) < 4.78 is 74.8. The SMILES string of the molecule is N#CCc1c(C(F)F)cc(F)nc1C(F)(F)F. The molecule has 0 saturated heterocycles. The Kier molecular flexibility index (Phi) is 3.60. The summed E-state index contributed by atoms with van der Waals surface area (Å²) in [7, 11) is 0. The van der Waals surface area contributed by atoms with E-state index in [-0.39, 0.29) is 6.07 Å². The van der Waals surface area contributed by atoms with Gasteiger partial charge in [0, 0.05) is 17.2 Å². The summed E-state index contributed by atoms with van der Waals surface area (Å²) in [5.74, 6) is -1.66. The van der Waals surface area contributed by atoms with E-state index in [1.165, 1.54) is 6.07 Å². The van der Waals surface area contributed by atoms with Gasteiger partial charge in [0.05, 0.1) is 12.5 Å². The zero-order valence-corrected chi connectivity index (χ0v) is 8.02. The van der Waals surface area contributed by atoms with Crippen LogP contribution in [0.5, 0.6) is 0 Å². The predicted octanol–water partition coefficient (Wildman–Crippen LogP) is 3.24. The quantitative estimate of drug-likeness (QED) is 0.600. The molecule has 8 heteroatoms. The van der Waals surface area contributed by atoms with E-state index >= 15 is 0 Å². The standard InChI is InChI=1S/C9H4F6N2/c10-6-3-5(8(11)12)4(1-2-16)7(17-6)9(13,14)15/h3,8H,1H2. The first-order valence-electron chi connectivity index (χ1n) is 4.19. The van der Waals surface area contributed by atoms with Gasteiger partial charge in [0.2, 0.25) is 5.95 Å². The highest BCUT2D eigenvalue weighted by molar-refractivity contribution is 5.35. The van der Waals surface area contributed by atoms with Crippen molar-refractivity contribution in [3.8, 4) is 6.07 Å². The van der Waals surface area contributed by atoms with Gasteiger partial charge >= 0.3 is 6.18 Å². The van der Waals surface area contributed by atoms with Crippen LogP contribution in [0, 0.1) is 17.3 Å². The third-order valence-electron chi connectivity index (χ3n) is 1.89. The van der Waals surface area contributed by atoms with Crippen molar-refractivity contribution in [3.63, 3.8) is 0 Å². The fraction of sp³-hybridized carbons (Fsp3) is 0.333. The Bertz CT molecular complexity index is 460. The Balaban J connectivity index is 3.53. The van der Waals surface area contributed by atoms with Gasteiger partial charge in [-0.25, -0.2) is 13.8 Å². The normalized spacial score (nSPS) is 11.6. The fourth-order valence-electron chi connectivity index (χ4n) is 1.25. The largest absolute Gasteiger partial charge is 0.433 e. The summed E-state index contributed by atoms with van der Waals surface area (Å²) in [5, 5.41) is 8.30. The van der Waals surface area contributed by atoms with E-state index in [4.69, 9.17) is 5.26 Å². The third kappa shape index (κ3) is 2.87. The van der Waals surface area contributed by atoms with Crippen LogP contribution in [0.1, 0.15) is 23.2 Å². The van der Waals surface area contributed by atoms with Gasteiger partial charge in [-0.15, -0.1) is 0 Å². The van der Waals surface area contributed by atoms with Crippen LogP contribution in [0.2, 0.25) is 0 Å². The number of hydrogen-bond acceptors (Lipinski definition) is 2. The smallest absolute Gasteiger partial charge is 0.215 e. The monoisotopic (exact) mass is 254 g/mol. The molecule has 0 aliphatic rings. The lowest BCUT2D eigenvalue weighted by molar-refractivity contribution is -0.142. The highest BCUT2D eigenvalue weighted by Gasteiger charge is 2.38. The summed E-state index contributed by atoms with van der Waals surface area (Å²) in [5.41, 5.74) is -3.93. The van der Waals surface area contributed by atoms with E-state index in [0.29, 0.717) is 0 Å². The second-order valence-corrected chi connectivity index (χ2v) is 2.99. The fourth-order valence-corrected chi connectivity index (χ4v) is 1.25. The van der Waals surface area contributed by atoms with Crippen molar-refractivity contribution in [3.05, 3.63) is 28.8 Å². The molecule has 0 N–H and O–H groups in total. The van der Waals surface area contributed by atoms with Crippen LogP contribution in [0.25, 0.3) is 0 Å². The Labute approximate surface area is 91.5 Å². The Hall–Kier alpha value is -1.78. The van der Waals surface area contributed by atoms with E-state index in [1.54, 1.807) is 0 Å². The van der Waals surface area contributed by atoms with Gasteiger partial charge in [-0.2, -0.15) is 22.8 Å². The number of hydrogen-bond donors (Lipinski definition) is 0. The van der Waals surface area contributed by atoms with Crippen LogP contribution >= 0.6 is 0 Å². The number of pyridine rings is 1. The van der Waals surface area contributed by atoms with Gasteiger partial charge in [0.25, 0.3) is 6.43 Å². The zero-order chi connectivity index (χ0) is 13.2. The lowest BCUT2D eigenvalue weighted by Crippen LogP contribution is -2.15. The van der Waals surface area contributed by atoms with Crippen LogP contribution in [0.15, 0.2) is 6.07 Å². The number of halogens is 6. The van der Waals surface area contributed by atoms with Crippen LogP contribution in [0.4, 0.5) is 26.3 Å². The highest BCUT2D eigenvalue weighted by Crippen LogP contribution is 2.35. The van der Waals surface area contributed by atoms with Crippen molar-refractivity contribution in [1.82, 2.24) is 4.98 Å². The van der Waals surface area contributed by atoms with Crippen molar-refractivity contribution in [2.75, 3.05) is 0 Å². The van der Waals surface area contributed by atoms with Crippen molar-refractivity contribution in [1.29, 1.82) is 5.26 Å². The molecule has 0 atom stereocenters. The summed E-state index contributed by atoms with van der Waals surface area (Å²) in [6.45, 7) is 0. The second kappa shape index (κ2) is 4.61. The summed E-state index contributed by atoms with van der Waals surface area (Å²) in [6, 6.07) is 1.52. The highest BCUT2D eigenvalue weighted by atomic mass is 19.4. The van der Waals surface area contributed by atoms with Crippen molar-refractivity contribution >= 4 is 0 Å². The first kappa shape index (κ1) is 13.3. The minimum atomic E-state index is -5.09. The number of aromatic nitrogens is 1. The van der Waals surface area contributed by atoms with E-state index in [9.17, 15) is 26.3 Å². The molecule has 1 aromatic heterocycles. The number of alkyl halides is 5. The van der Waals surface area contributed by atoms with Crippen LogP contribution in [-0.4, -0.2) is 4.98 Å². The number of nitriles is 1. The zero-order valence-electron chi connectivity index (χ0n) is 8.02. The van der Waals surface area contributed by atoms with Crippen molar-refractivity contribution < 1.29 is 26.3 Å².